The molecule has 0 saturated heterocycles. The first-order chi connectivity index (χ1) is 27.7. The summed E-state index contributed by atoms with van der Waals surface area (Å²) < 4.78 is 49.5. The fraction of sp³-hybridized carbons (Fsp3) is 0.0588. The quantitative estimate of drug-likeness (QED) is 0.165. The number of benzene rings is 8. The Hall–Kier alpha value is -7.05. The summed E-state index contributed by atoms with van der Waals surface area (Å²) in [5.41, 5.74) is 10.1. The van der Waals surface area contributed by atoms with Crippen molar-refractivity contribution >= 4 is 60.7 Å². The Labute approximate surface area is 328 Å². The van der Waals surface area contributed by atoms with Crippen molar-refractivity contribution in [3.05, 3.63) is 199 Å². The van der Waals surface area contributed by atoms with Gasteiger partial charge in [0.15, 0.2) is 0 Å². The standard InChI is InChI=1S/C51H36F3N3/c1-33-21-26-42-40-17-9-11-19-47(40)56(49(42)29-33)38-25-28-46(51(52,53)54)45(31-38)44-30-37(23-22-34(44)2)57-48-20-12-10-18-41(48)43-27-24-39(32-50(43)57)55(35-13-5-3-6-14-35)36-15-7-4-8-16-36/h3-32H,1-2H3. The molecule has 10 aromatic rings. The van der Waals surface area contributed by atoms with Gasteiger partial charge in [-0.1, -0.05) is 97.1 Å². The number of alkyl halides is 3. The van der Waals surface area contributed by atoms with E-state index in [1.165, 1.54) is 6.07 Å². The Bertz CT molecular complexity index is 3100. The SMILES string of the molecule is Cc1ccc2c3ccccc3n(-c3ccc(C(F)(F)F)c(-c4cc(-n5c6ccccc6c6ccc(N(c7ccccc7)c7ccccc7)cc65)ccc4C)c3)c2c1. The Morgan fingerprint density at radius 3 is 1.49 bits per heavy atom. The number of anilines is 3. The van der Waals surface area contributed by atoms with Crippen molar-refractivity contribution in [3.8, 4) is 22.5 Å². The Kier molecular flexibility index (Phi) is 8.04. The molecule has 0 aliphatic heterocycles. The van der Waals surface area contributed by atoms with Crippen molar-refractivity contribution < 1.29 is 13.2 Å². The van der Waals surface area contributed by atoms with Crippen molar-refractivity contribution in [1.29, 1.82) is 0 Å². The molecule has 0 unspecified atom stereocenters. The fourth-order valence-electron chi connectivity index (χ4n) is 8.52. The van der Waals surface area contributed by atoms with Crippen LogP contribution in [-0.4, -0.2) is 9.13 Å². The molecular formula is C51H36F3N3. The van der Waals surface area contributed by atoms with E-state index in [4.69, 9.17) is 0 Å². The van der Waals surface area contributed by atoms with Gasteiger partial charge in [0.1, 0.15) is 0 Å². The van der Waals surface area contributed by atoms with E-state index in [0.29, 0.717) is 11.3 Å². The second kappa shape index (κ2) is 13.3. The number of halogens is 3. The van der Waals surface area contributed by atoms with E-state index >= 15 is 13.2 Å². The maximum atomic E-state index is 15.1. The van der Waals surface area contributed by atoms with Crippen LogP contribution in [0.2, 0.25) is 0 Å². The highest BCUT2D eigenvalue weighted by molar-refractivity contribution is 6.11. The molecule has 0 bridgehead atoms. The highest BCUT2D eigenvalue weighted by atomic mass is 19.4. The van der Waals surface area contributed by atoms with Crippen molar-refractivity contribution in [3.63, 3.8) is 0 Å². The molecule has 0 atom stereocenters. The number of rotatable bonds is 6. The van der Waals surface area contributed by atoms with Crippen molar-refractivity contribution in [2.24, 2.45) is 0 Å². The zero-order chi connectivity index (χ0) is 38.8. The van der Waals surface area contributed by atoms with Crippen LogP contribution in [0.5, 0.6) is 0 Å². The van der Waals surface area contributed by atoms with E-state index in [0.717, 1.165) is 77.5 Å². The Balaban J connectivity index is 1.20. The molecule has 276 valence electrons. The molecule has 0 fully saturated rings. The van der Waals surface area contributed by atoms with E-state index in [9.17, 15) is 0 Å². The van der Waals surface area contributed by atoms with Crippen LogP contribution in [0.4, 0.5) is 30.2 Å². The lowest BCUT2D eigenvalue weighted by Crippen LogP contribution is -2.10. The maximum absolute atomic E-state index is 15.1. The molecule has 0 N–H and O–H groups in total. The molecule has 0 radical (unpaired) electrons. The summed E-state index contributed by atoms with van der Waals surface area (Å²) in [6, 6.07) is 59.9. The lowest BCUT2D eigenvalue weighted by atomic mass is 9.94. The van der Waals surface area contributed by atoms with Gasteiger partial charge in [-0.15, -0.1) is 0 Å². The lowest BCUT2D eigenvalue weighted by Gasteiger charge is -2.25. The molecule has 0 saturated carbocycles. The molecule has 6 heteroatoms. The van der Waals surface area contributed by atoms with Crippen LogP contribution in [0.25, 0.3) is 66.1 Å². The van der Waals surface area contributed by atoms with Crippen molar-refractivity contribution in [1.82, 2.24) is 9.13 Å². The third-order valence-electron chi connectivity index (χ3n) is 11.1. The first-order valence-corrected chi connectivity index (χ1v) is 19.0. The van der Waals surface area contributed by atoms with E-state index < -0.39 is 11.7 Å². The zero-order valence-corrected chi connectivity index (χ0v) is 31.3. The average molecular weight is 748 g/mol. The van der Waals surface area contributed by atoms with Crippen LogP contribution in [0.1, 0.15) is 16.7 Å². The monoisotopic (exact) mass is 747 g/mol. The minimum atomic E-state index is -4.58. The number of nitrogens with zero attached hydrogens (tertiary/aromatic N) is 3. The molecule has 0 aliphatic rings. The van der Waals surface area contributed by atoms with E-state index in [-0.39, 0.29) is 5.56 Å². The predicted molar refractivity (Wildman–Crippen MR) is 230 cm³/mol. The molecule has 10 rings (SSSR count). The summed E-state index contributed by atoms with van der Waals surface area (Å²) in [5.74, 6) is 0. The third kappa shape index (κ3) is 5.75. The van der Waals surface area contributed by atoms with Gasteiger partial charge in [0.2, 0.25) is 0 Å². The van der Waals surface area contributed by atoms with Crippen LogP contribution in [0.3, 0.4) is 0 Å². The molecule has 0 aliphatic carbocycles. The van der Waals surface area contributed by atoms with Crippen LogP contribution in [0.15, 0.2) is 182 Å². The molecule has 2 heterocycles. The van der Waals surface area contributed by atoms with Gasteiger partial charge < -0.3 is 14.0 Å². The van der Waals surface area contributed by atoms with Gasteiger partial charge in [0.05, 0.1) is 27.6 Å². The minimum Gasteiger partial charge on any atom is -0.310 e. The molecule has 57 heavy (non-hydrogen) atoms. The highest BCUT2D eigenvalue weighted by Crippen LogP contribution is 2.44. The zero-order valence-electron chi connectivity index (χ0n) is 31.3. The number of hydrogen-bond donors (Lipinski definition) is 0. The van der Waals surface area contributed by atoms with Gasteiger partial charge in [-0.25, -0.2) is 0 Å². The second-order valence-electron chi connectivity index (χ2n) is 14.7. The predicted octanol–water partition coefficient (Wildman–Crippen LogP) is 14.7. The summed E-state index contributed by atoms with van der Waals surface area (Å²) in [4.78, 5) is 2.22. The topological polar surface area (TPSA) is 13.1 Å². The van der Waals surface area contributed by atoms with Gasteiger partial charge in [0.25, 0.3) is 0 Å². The van der Waals surface area contributed by atoms with Crippen molar-refractivity contribution in [2.45, 2.75) is 20.0 Å². The van der Waals surface area contributed by atoms with Crippen LogP contribution in [-0.2, 0) is 6.18 Å². The molecule has 0 amide bonds. The van der Waals surface area contributed by atoms with Gasteiger partial charge in [-0.05, 0) is 121 Å². The molecule has 3 nitrogen and oxygen atoms in total. The average Bonchev–Trinajstić information content (AvgIpc) is 3.73. The minimum absolute atomic E-state index is 0.138. The Morgan fingerprint density at radius 2 is 0.895 bits per heavy atom. The van der Waals surface area contributed by atoms with Gasteiger partial charge in [-0.3, -0.25) is 0 Å². The number of aryl methyl sites for hydroxylation is 2. The van der Waals surface area contributed by atoms with Gasteiger partial charge >= 0.3 is 6.18 Å². The first-order valence-electron chi connectivity index (χ1n) is 19.0. The smallest absolute Gasteiger partial charge is 0.310 e. The fourth-order valence-corrected chi connectivity index (χ4v) is 8.52. The molecule has 8 aromatic carbocycles. The molecule has 2 aromatic heterocycles. The summed E-state index contributed by atoms with van der Waals surface area (Å²) >= 11 is 0. The number of para-hydroxylation sites is 4. The first kappa shape index (κ1) is 34.4. The Morgan fingerprint density at radius 1 is 0.404 bits per heavy atom. The van der Waals surface area contributed by atoms with Crippen molar-refractivity contribution in [2.75, 3.05) is 4.90 Å². The summed E-state index contributed by atoms with van der Waals surface area (Å²) in [6.45, 7) is 3.92. The van der Waals surface area contributed by atoms with E-state index in [2.05, 4.69) is 92.9 Å². The van der Waals surface area contributed by atoms with Crippen LogP contribution in [0, 0.1) is 13.8 Å². The number of hydrogen-bond acceptors (Lipinski definition) is 1. The third-order valence-corrected chi connectivity index (χ3v) is 11.1. The largest absolute Gasteiger partial charge is 0.417 e. The maximum Gasteiger partial charge on any atom is 0.417 e. The summed E-state index contributed by atoms with van der Waals surface area (Å²) in [7, 11) is 0. The van der Waals surface area contributed by atoms with Crippen LogP contribution < -0.4 is 4.90 Å². The lowest BCUT2D eigenvalue weighted by molar-refractivity contribution is -0.137. The van der Waals surface area contributed by atoms with Gasteiger partial charge in [0, 0.05) is 50.0 Å². The number of aromatic nitrogens is 2. The normalized spacial score (nSPS) is 11.9. The summed E-state index contributed by atoms with van der Waals surface area (Å²) in [5, 5.41) is 4.22. The summed E-state index contributed by atoms with van der Waals surface area (Å²) in [6.07, 6.45) is -4.58. The molecule has 0 spiro atoms. The highest BCUT2D eigenvalue weighted by Gasteiger charge is 2.34. The van der Waals surface area contributed by atoms with Gasteiger partial charge in [-0.2, -0.15) is 13.2 Å². The molecular weight excluding hydrogens is 712 g/mol. The van der Waals surface area contributed by atoms with E-state index in [1.54, 1.807) is 12.1 Å². The van der Waals surface area contributed by atoms with Crippen LogP contribution >= 0.6 is 0 Å². The van der Waals surface area contributed by atoms with E-state index in [1.807, 2.05) is 98.8 Å². The second-order valence-corrected chi connectivity index (χ2v) is 14.7. The number of fused-ring (bicyclic) bond motifs is 6.